The normalized spacial score (nSPS) is 10.7. The molecule has 0 radical (unpaired) electrons. The Hall–Kier alpha value is -5.90. The van der Waals surface area contributed by atoms with E-state index >= 15 is 0 Å². The Morgan fingerprint density at radius 2 is 0.875 bits per heavy atom. The molecule has 3 aromatic carbocycles. The summed E-state index contributed by atoms with van der Waals surface area (Å²) >= 11 is 0. The highest BCUT2D eigenvalue weighted by atomic mass is 16.5. The molecule has 250 valence electrons. The third-order valence-electron chi connectivity index (χ3n) is 6.47. The lowest BCUT2D eigenvalue weighted by molar-refractivity contribution is -0.138. The van der Waals surface area contributed by atoms with E-state index in [0.29, 0.717) is 62.1 Å². The molecule has 48 heavy (non-hydrogen) atoms. The van der Waals surface area contributed by atoms with Gasteiger partial charge >= 0.3 is 11.9 Å². The number of esters is 2. The number of rotatable bonds is 20. The van der Waals surface area contributed by atoms with Gasteiger partial charge in [-0.25, -0.2) is 9.59 Å². The molecule has 0 fully saturated rings. The van der Waals surface area contributed by atoms with Crippen molar-refractivity contribution in [3.05, 3.63) is 121 Å². The first kappa shape index (κ1) is 36.6. The Labute approximate surface area is 280 Å². The summed E-state index contributed by atoms with van der Waals surface area (Å²) in [6.07, 6.45) is 11.4. The van der Waals surface area contributed by atoms with E-state index in [2.05, 4.69) is 23.8 Å². The van der Waals surface area contributed by atoms with Crippen LogP contribution in [-0.4, -0.2) is 50.2 Å². The number of carbonyl (C=O) groups is 4. The van der Waals surface area contributed by atoms with E-state index in [-0.39, 0.29) is 11.8 Å². The maximum Gasteiger partial charge on any atom is 0.330 e. The highest BCUT2D eigenvalue weighted by molar-refractivity contribution is 6.03. The first-order valence-corrected chi connectivity index (χ1v) is 15.5. The van der Waals surface area contributed by atoms with Gasteiger partial charge in [0.1, 0.15) is 11.5 Å². The predicted octanol–water partition coefficient (Wildman–Crippen LogP) is 6.77. The number of hydrogen-bond acceptors (Lipinski definition) is 8. The second-order valence-electron chi connectivity index (χ2n) is 10.2. The standard InChI is InChI=1S/C38H40N2O8/c1-3-37(43)47-27-7-5-25-45-33-19-9-29(10-20-33)13-23-35(41)39-31-15-17-32(18-16-31)40-36(42)24-14-30-11-21-34(22-12-30)46-26-6-8-28-48-38(44)4-2/h3-4,9-24H,1-2,5-8,25-28H2,(H,39,41)(H,40,42). The Morgan fingerprint density at radius 1 is 0.521 bits per heavy atom. The molecule has 0 aliphatic heterocycles. The van der Waals surface area contributed by atoms with Gasteiger partial charge in [-0.15, -0.1) is 0 Å². The zero-order valence-corrected chi connectivity index (χ0v) is 26.7. The largest absolute Gasteiger partial charge is 0.494 e. The van der Waals surface area contributed by atoms with Crippen molar-refractivity contribution in [2.24, 2.45) is 0 Å². The Bertz CT molecular complexity index is 1440. The molecule has 3 rings (SSSR count). The number of carbonyl (C=O) groups excluding carboxylic acids is 4. The van der Waals surface area contributed by atoms with Gasteiger partial charge in [0, 0.05) is 35.7 Å². The van der Waals surface area contributed by atoms with Crippen LogP contribution in [0.5, 0.6) is 11.5 Å². The van der Waals surface area contributed by atoms with Gasteiger partial charge in [-0.2, -0.15) is 0 Å². The molecule has 0 unspecified atom stereocenters. The summed E-state index contributed by atoms with van der Waals surface area (Å²) < 4.78 is 21.2. The van der Waals surface area contributed by atoms with Gasteiger partial charge in [-0.3, -0.25) is 9.59 Å². The maximum absolute atomic E-state index is 12.4. The summed E-state index contributed by atoms with van der Waals surface area (Å²) in [6, 6.07) is 21.5. The van der Waals surface area contributed by atoms with Crippen molar-refractivity contribution in [3.8, 4) is 11.5 Å². The highest BCUT2D eigenvalue weighted by Gasteiger charge is 2.03. The summed E-state index contributed by atoms with van der Waals surface area (Å²) in [5, 5.41) is 5.59. The van der Waals surface area contributed by atoms with Gasteiger partial charge < -0.3 is 29.6 Å². The van der Waals surface area contributed by atoms with Crippen molar-refractivity contribution >= 4 is 47.3 Å². The van der Waals surface area contributed by atoms with Crippen LogP contribution in [0.3, 0.4) is 0 Å². The molecule has 0 aromatic heterocycles. The van der Waals surface area contributed by atoms with Crippen molar-refractivity contribution in [1.82, 2.24) is 0 Å². The zero-order valence-electron chi connectivity index (χ0n) is 26.7. The fourth-order valence-electron chi connectivity index (χ4n) is 3.95. The number of hydrogen-bond donors (Lipinski definition) is 2. The van der Waals surface area contributed by atoms with Crippen LogP contribution in [0.1, 0.15) is 36.8 Å². The minimum absolute atomic E-state index is 0.296. The third-order valence-corrected chi connectivity index (χ3v) is 6.47. The van der Waals surface area contributed by atoms with E-state index in [1.54, 1.807) is 36.4 Å². The van der Waals surface area contributed by atoms with Crippen molar-refractivity contribution in [1.29, 1.82) is 0 Å². The smallest absolute Gasteiger partial charge is 0.330 e. The summed E-state index contributed by atoms with van der Waals surface area (Å²) in [4.78, 5) is 46.8. The number of nitrogens with one attached hydrogen (secondary N) is 2. The van der Waals surface area contributed by atoms with E-state index in [1.807, 2.05) is 48.5 Å². The number of ether oxygens (including phenoxy) is 4. The van der Waals surface area contributed by atoms with Gasteiger partial charge in [0.05, 0.1) is 26.4 Å². The quantitative estimate of drug-likeness (QED) is 0.0778. The topological polar surface area (TPSA) is 129 Å². The van der Waals surface area contributed by atoms with E-state index in [0.717, 1.165) is 36.1 Å². The van der Waals surface area contributed by atoms with Crippen LogP contribution < -0.4 is 20.1 Å². The molecule has 10 nitrogen and oxygen atoms in total. The molecule has 3 aromatic rings. The van der Waals surface area contributed by atoms with Gasteiger partial charge in [-0.05, 0) is 97.5 Å². The average Bonchev–Trinajstić information content (AvgIpc) is 3.11. The van der Waals surface area contributed by atoms with Gasteiger partial charge in [0.25, 0.3) is 0 Å². The van der Waals surface area contributed by atoms with Gasteiger partial charge in [0.2, 0.25) is 11.8 Å². The molecule has 10 heteroatoms. The molecule has 0 bridgehead atoms. The molecule has 0 aliphatic carbocycles. The lowest BCUT2D eigenvalue weighted by Gasteiger charge is -2.07. The first-order chi connectivity index (χ1) is 23.3. The fourth-order valence-corrected chi connectivity index (χ4v) is 3.95. The summed E-state index contributed by atoms with van der Waals surface area (Å²) in [5.74, 6) is -0.0400. The number of benzene rings is 3. The molecule has 0 atom stereocenters. The molecule has 0 spiro atoms. The van der Waals surface area contributed by atoms with Crippen LogP contribution in [0, 0.1) is 0 Å². The second kappa shape index (κ2) is 21.0. The van der Waals surface area contributed by atoms with Crippen LogP contribution in [0.15, 0.2) is 110 Å². The Morgan fingerprint density at radius 3 is 1.23 bits per heavy atom. The Kier molecular flexibility index (Phi) is 16.0. The lowest BCUT2D eigenvalue weighted by Crippen LogP contribution is -2.09. The molecule has 2 N–H and O–H groups in total. The molecular formula is C38H40N2O8. The highest BCUT2D eigenvalue weighted by Crippen LogP contribution is 2.17. The SMILES string of the molecule is C=CC(=O)OCCCCOc1ccc(C=CC(=O)Nc2ccc(NC(=O)C=Cc3ccc(OCCCCOC(=O)C=C)cc3)cc2)cc1. The molecule has 0 aliphatic rings. The molecule has 0 saturated carbocycles. The molecular weight excluding hydrogens is 612 g/mol. The Balaban J connectivity index is 1.33. The van der Waals surface area contributed by atoms with Crippen molar-refractivity contribution in [2.45, 2.75) is 25.7 Å². The second-order valence-corrected chi connectivity index (χ2v) is 10.2. The summed E-state index contributed by atoms with van der Waals surface area (Å²) in [7, 11) is 0. The van der Waals surface area contributed by atoms with Crippen LogP contribution in [0.2, 0.25) is 0 Å². The lowest BCUT2D eigenvalue weighted by atomic mass is 10.2. The van der Waals surface area contributed by atoms with Crippen LogP contribution >= 0.6 is 0 Å². The van der Waals surface area contributed by atoms with E-state index in [1.165, 1.54) is 12.2 Å². The predicted molar refractivity (Wildman–Crippen MR) is 186 cm³/mol. The number of amides is 2. The van der Waals surface area contributed by atoms with E-state index in [9.17, 15) is 19.2 Å². The summed E-state index contributed by atoms with van der Waals surface area (Å²) in [6.45, 7) is 8.35. The third kappa shape index (κ3) is 14.9. The van der Waals surface area contributed by atoms with Crippen molar-refractivity contribution in [3.63, 3.8) is 0 Å². The van der Waals surface area contributed by atoms with Gasteiger partial charge in [0.15, 0.2) is 0 Å². The fraction of sp³-hybridized carbons (Fsp3) is 0.211. The molecule has 0 saturated heterocycles. The van der Waals surface area contributed by atoms with Crippen LogP contribution in [-0.2, 0) is 28.7 Å². The first-order valence-electron chi connectivity index (χ1n) is 15.5. The molecule has 2 amide bonds. The number of anilines is 2. The van der Waals surface area contributed by atoms with Crippen LogP contribution in [0.4, 0.5) is 11.4 Å². The minimum atomic E-state index is -0.430. The number of unbranched alkanes of at least 4 members (excludes halogenated alkanes) is 2. The molecule has 0 heterocycles. The average molecular weight is 653 g/mol. The van der Waals surface area contributed by atoms with E-state index < -0.39 is 11.9 Å². The van der Waals surface area contributed by atoms with Crippen LogP contribution in [0.25, 0.3) is 12.2 Å². The van der Waals surface area contributed by atoms with Crippen molar-refractivity contribution in [2.75, 3.05) is 37.1 Å². The zero-order chi connectivity index (χ0) is 34.4. The van der Waals surface area contributed by atoms with E-state index in [4.69, 9.17) is 18.9 Å². The minimum Gasteiger partial charge on any atom is -0.494 e. The maximum atomic E-state index is 12.4. The van der Waals surface area contributed by atoms with Crippen molar-refractivity contribution < 1.29 is 38.1 Å². The van der Waals surface area contributed by atoms with Gasteiger partial charge in [-0.1, -0.05) is 37.4 Å². The summed E-state index contributed by atoms with van der Waals surface area (Å²) in [5.41, 5.74) is 2.84. The monoisotopic (exact) mass is 652 g/mol.